The van der Waals surface area contributed by atoms with E-state index >= 15 is 0 Å². The summed E-state index contributed by atoms with van der Waals surface area (Å²) >= 11 is 9.10. The zero-order valence-corrected chi connectivity index (χ0v) is 13.2. The van der Waals surface area contributed by atoms with Gasteiger partial charge in [0.2, 0.25) is 0 Å². The van der Waals surface area contributed by atoms with Crippen LogP contribution in [0.1, 0.15) is 15.9 Å². The average molecular weight is 370 g/mol. The van der Waals surface area contributed by atoms with Crippen LogP contribution in [0.2, 0.25) is 5.02 Å². The number of nitrogens with zero attached hydrogens (tertiary/aromatic N) is 1. The Kier molecular flexibility index (Phi) is 4.59. The number of nitro groups is 1. The van der Waals surface area contributed by atoms with Crippen LogP contribution < -0.4 is 5.32 Å². The van der Waals surface area contributed by atoms with E-state index in [1.165, 1.54) is 6.07 Å². The fraction of sp³-hybridized carbons (Fsp3) is 0.0714. The molecule has 0 fully saturated rings. The van der Waals surface area contributed by atoms with E-state index in [1.807, 2.05) is 0 Å². The Bertz CT molecular complexity index is 734. The molecule has 0 radical (unpaired) electrons. The third kappa shape index (κ3) is 3.40. The Balaban J connectivity index is 2.37. The summed E-state index contributed by atoms with van der Waals surface area (Å²) in [7, 11) is 0. The molecule has 0 aliphatic carbocycles. The summed E-state index contributed by atoms with van der Waals surface area (Å²) in [5, 5.41) is 14.3. The zero-order valence-electron chi connectivity index (χ0n) is 10.9. The third-order valence-electron chi connectivity index (χ3n) is 2.84. The molecule has 0 saturated heterocycles. The van der Waals surface area contributed by atoms with Gasteiger partial charge in [-0.2, -0.15) is 0 Å². The van der Waals surface area contributed by atoms with Crippen molar-refractivity contribution in [1.29, 1.82) is 0 Å². The molecule has 21 heavy (non-hydrogen) atoms. The number of nitro benzene ring substituents is 1. The third-order valence-corrected chi connectivity index (χ3v) is 3.74. The number of aryl methyl sites for hydroxylation is 1. The average Bonchev–Trinajstić information content (AvgIpc) is 2.41. The van der Waals surface area contributed by atoms with Crippen LogP contribution in [0.4, 0.5) is 11.4 Å². The molecule has 7 heteroatoms. The molecule has 0 aliphatic rings. The normalized spacial score (nSPS) is 10.2. The smallest absolute Gasteiger partial charge is 0.285 e. The quantitative estimate of drug-likeness (QED) is 0.636. The molecule has 1 N–H and O–H groups in total. The number of benzene rings is 2. The van der Waals surface area contributed by atoms with E-state index in [2.05, 4.69) is 21.2 Å². The minimum absolute atomic E-state index is 0.0156. The van der Waals surface area contributed by atoms with E-state index in [4.69, 9.17) is 11.6 Å². The molecular formula is C14H10BrClN2O3. The van der Waals surface area contributed by atoms with Crippen LogP contribution in [0, 0.1) is 17.0 Å². The maximum Gasteiger partial charge on any atom is 0.285 e. The lowest BCUT2D eigenvalue weighted by Gasteiger charge is -2.09. The maximum absolute atomic E-state index is 12.3. The van der Waals surface area contributed by atoms with Gasteiger partial charge in [0.1, 0.15) is 5.56 Å². The van der Waals surface area contributed by atoms with Crippen molar-refractivity contribution in [3.05, 3.63) is 67.1 Å². The van der Waals surface area contributed by atoms with E-state index in [0.717, 1.165) is 0 Å². The first-order chi connectivity index (χ1) is 9.90. The number of anilines is 1. The number of rotatable bonds is 3. The lowest BCUT2D eigenvalue weighted by Crippen LogP contribution is -2.14. The number of halogens is 2. The van der Waals surface area contributed by atoms with Crippen LogP contribution in [0.3, 0.4) is 0 Å². The van der Waals surface area contributed by atoms with Crippen molar-refractivity contribution in [2.45, 2.75) is 6.92 Å². The number of para-hydroxylation sites is 1. The van der Waals surface area contributed by atoms with Crippen molar-refractivity contribution in [3.63, 3.8) is 0 Å². The molecule has 0 bridgehead atoms. The molecule has 0 aromatic heterocycles. The summed E-state index contributed by atoms with van der Waals surface area (Å²) in [5.41, 5.74) is 0.741. The fourth-order valence-electron chi connectivity index (χ4n) is 1.87. The molecule has 0 atom stereocenters. The second kappa shape index (κ2) is 6.24. The van der Waals surface area contributed by atoms with Gasteiger partial charge in [0, 0.05) is 15.1 Å². The highest BCUT2D eigenvalue weighted by molar-refractivity contribution is 9.10. The van der Waals surface area contributed by atoms with Gasteiger partial charge in [-0.25, -0.2) is 0 Å². The van der Waals surface area contributed by atoms with Gasteiger partial charge in [-0.05, 0) is 47.1 Å². The second-order valence-corrected chi connectivity index (χ2v) is 5.60. The highest BCUT2D eigenvalue weighted by atomic mass is 79.9. The van der Waals surface area contributed by atoms with Crippen molar-refractivity contribution >= 4 is 44.8 Å². The predicted octanol–water partition coefficient (Wildman–Crippen LogP) is 4.57. The topological polar surface area (TPSA) is 72.2 Å². The number of amides is 1. The van der Waals surface area contributed by atoms with Crippen LogP contribution in [0.15, 0.2) is 40.9 Å². The highest BCUT2D eigenvalue weighted by Crippen LogP contribution is 2.28. The second-order valence-electron chi connectivity index (χ2n) is 4.31. The fourth-order valence-corrected chi connectivity index (χ4v) is 2.65. The van der Waals surface area contributed by atoms with Crippen LogP contribution >= 0.6 is 27.5 Å². The molecule has 0 saturated carbocycles. The number of hydrogen-bond donors (Lipinski definition) is 1. The molecule has 1 amide bonds. The van der Waals surface area contributed by atoms with Crippen molar-refractivity contribution < 1.29 is 9.72 Å². The molecule has 0 heterocycles. The zero-order chi connectivity index (χ0) is 15.6. The van der Waals surface area contributed by atoms with Gasteiger partial charge < -0.3 is 5.32 Å². The van der Waals surface area contributed by atoms with Gasteiger partial charge >= 0.3 is 0 Å². The van der Waals surface area contributed by atoms with Gasteiger partial charge in [-0.15, -0.1) is 0 Å². The van der Waals surface area contributed by atoms with Crippen LogP contribution in [0.5, 0.6) is 0 Å². The Morgan fingerprint density at radius 2 is 2.05 bits per heavy atom. The molecule has 5 nitrogen and oxygen atoms in total. The van der Waals surface area contributed by atoms with Gasteiger partial charge in [0.05, 0.1) is 10.6 Å². The van der Waals surface area contributed by atoms with E-state index < -0.39 is 10.8 Å². The summed E-state index contributed by atoms with van der Waals surface area (Å²) in [6.07, 6.45) is 0. The Morgan fingerprint density at radius 3 is 2.67 bits per heavy atom. The monoisotopic (exact) mass is 368 g/mol. The molecule has 108 valence electrons. The molecular weight excluding hydrogens is 360 g/mol. The lowest BCUT2D eigenvalue weighted by molar-refractivity contribution is -0.385. The van der Waals surface area contributed by atoms with E-state index in [9.17, 15) is 14.9 Å². The standard InChI is InChI=1S/C14H10BrClN2O3/c1-8-3-2-4-10(13(8)18(20)21)14(19)17-12-6-5-9(16)7-11(12)15/h2-7H,1H3,(H,17,19). The first-order valence-electron chi connectivity index (χ1n) is 5.90. The van der Waals surface area contributed by atoms with E-state index in [0.29, 0.717) is 20.7 Å². The molecule has 0 aliphatic heterocycles. The summed E-state index contributed by atoms with van der Waals surface area (Å²) in [4.78, 5) is 22.8. The number of carbonyl (C=O) groups excluding carboxylic acids is 1. The van der Waals surface area contributed by atoms with Crippen molar-refractivity contribution in [3.8, 4) is 0 Å². The molecule has 0 unspecified atom stereocenters. The Hall–Kier alpha value is -1.92. The Morgan fingerprint density at radius 1 is 1.33 bits per heavy atom. The number of hydrogen-bond acceptors (Lipinski definition) is 3. The largest absolute Gasteiger partial charge is 0.321 e. The van der Waals surface area contributed by atoms with Gasteiger partial charge in [0.15, 0.2) is 0 Å². The Labute approximate surface area is 134 Å². The van der Waals surface area contributed by atoms with E-state index in [-0.39, 0.29) is 11.3 Å². The SMILES string of the molecule is Cc1cccc(C(=O)Nc2ccc(Cl)cc2Br)c1[N+](=O)[O-]. The minimum atomic E-state index is -0.554. The van der Waals surface area contributed by atoms with Crippen molar-refractivity contribution in [2.75, 3.05) is 5.32 Å². The minimum Gasteiger partial charge on any atom is -0.321 e. The molecule has 0 spiro atoms. The summed E-state index contributed by atoms with van der Waals surface area (Å²) in [6.45, 7) is 1.59. The van der Waals surface area contributed by atoms with Gasteiger partial charge in [0.25, 0.3) is 11.6 Å². The van der Waals surface area contributed by atoms with Crippen molar-refractivity contribution in [2.24, 2.45) is 0 Å². The maximum atomic E-state index is 12.3. The first-order valence-corrected chi connectivity index (χ1v) is 7.07. The number of carbonyl (C=O) groups is 1. The summed E-state index contributed by atoms with van der Waals surface area (Å²) in [6, 6.07) is 9.48. The van der Waals surface area contributed by atoms with Crippen LogP contribution in [-0.2, 0) is 0 Å². The molecule has 2 aromatic carbocycles. The van der Waals surface area contributed by atoms with Crippen molar-refractivity contribution in [1.82, 2.24) is 0 Å². The van der Waals surface area contributed by atoms with E-state index in [1.54, 1.807) is 37.3 Å². The van der Waals surface area contributed by atoms with Gasteiger partial charge in [-0.1, -0.05) is 23.7 Å². The first kappa shape index (κ1) is 15.5. The lowest BCUT2D eigenvalue weighted by atomic mass is 10.1. The summed E-state index contributed by atoms with van der Waals surface area (Å²) < 4.78 is 0.596. The van der Waals surface area contributed by atoms with Gasteiger partial charge in [-0.3, -0.25) is 14.9 Å². The molecule has 2 aromatic rings. The number of nitrogens with one attached hydrogen (secondary N) is 1. The van der Waals surface area contributed by atoms with Crippen LogP contribution in [-0.4, -0.2) is 10.8 Å². The summed E-state index contributed by atoms with van der Waals surface area (Å²) in [5.74, 6) is -0.548. The molecule has 2 rings (SSSR count). The van der Waals surface area contributed by atoms with Crippen LogP contribution in [0.25, 0.3) is 0 Å². The highest BCUT2D eigenvalue weighted by Gasteiger charge is 2.22. The predicted molar refractivity (Wildman–Crippen MR) is 84.9 cm³/mol.